The second-order valence-corrected chi connectivity index (χ2v) is 3.98. The SMILES string of the molecule is Cc1cccc(C(=O)N2CC=CCC2)c1O. The Bertz CT molecular complexity index is 438. The summed E-state index contributed by atoms with van der Waals surface area (Å²) in [7, 11) is 0. The van der Waals surface area contributed by atoms with Gasteiger partial charge >= 0.3 is 0 Å². The highest BCUT2D eigenvalue weighted by Gasteiger charge is 2.19. The van der Waals surface area contributed by atoms with Gasteiger partial charge in [-0.25, -0.2) is 0 Å². The lowest BCUT2D eigenvalue weighted by atomic mass is 10.1. The van der Waals surface area contributed by atoms with Crippen LogP contribution in [0, 0.1) is 6.92 Å². The van der Waals surface area contributed by atoms with E-state index in [1.54, 1.807) is 30.0 Å². The van der Waals surface area contributed by atoms with E-state index in [1.165, 1.54) is 0 Å². The van der Waals surface area contributed by atoms with Gasteiger partial charge in [0.05, 0.1) is 5.56 Å². The van der Waals surface area contributed by atoms with Crippen LogP contribution < -0.4 is 0 Å². The summed E-state index contributed by atoms with van der Waals surface area (Å²) in [6.45, 7) is 3.15. The maximum atomic E-state index is 12.1. The number of benzene rings is 1. The summed E-state index contributed by atoms with van der Waals surface area (Å²) >= 11 is 0. The van der Waals surface area contributed by atoms with Crippen molar-refractivity contribution < 1.29 is 9.90 Å². The Morgan fingerprint density at radius 1 is 1.38 bits per heavy atom. The summed E-state index contributed by atoms with van der Waals surface area (Å²) in [4.78, 5) is 13.8. The van der Waals surface area contributed by atoms with Crippen LogP contribution in [-0.2, 0) is 0 Å². The molecule has 0 radical (unpaired) electrons. The Morgan fingerprint density at radius 2 is 2.19 bits per heavy atom. The largest absolute Gasteiger partial charge is 0.507 e. The lowest BCUT2D eigenvalue weighted by Gasteiger charge is -2.23. The molecule has 1 aliphatic rings. The predicted molar refractivity (Wildman–Crippen MR) is 62.5 cm³/mol. The van der Waals surface area contributed by atoms with Crippen molar-refractivity contribution in [3.63, 3.8) is 0 Å². The molecular weight excluding hydrogens is 202 g/mol. The van der Waals surface area contributed by atoms with E-state index < -0.39 is 0 Å². The van der Waals surface area contributed by atoms with Crippen molar-refractivity contribution in [1.29, 1.82) is 0 Å². The van der Waals surface area contributed by atoms with Gasteiger partial charge in [-0.1, -0.05) is 24.3 Å². The fraction of sp³-hybridized carbons (Fsp3) is 0.308. The van der Waals surface area contributed by atoms with Crippen molar-refractivity contribution in [2.75, 3.05) is 13.1 Å². The number of aromatic hydroxyl groups is 1. The first kappa shape index (κ1) is 10.7. The summed E-state index contributed by atoms with van der Waals surface area (Å²) in [6.07, 6.45) is 4.94. The van der Waals surface area contributed by atoms with E-state index in [2.05, 4.69) is 6.08 Å². The summed E-state index contributed by atoms with van der Waals surface area (Å²) in [5, 5.41) is 9.83. The lowest BCUT2D eigenvalue weighted by molar-refractivity contribution is 0.0768. The molecule has 0 spiro atoms. The second kappa shape index (κ2) is 4.39. The van der Waals surface area contributed by atoms with Gasteiger partial charge in [-0.2, -0.15) is 0 Å². The molecule has 1 aromatic carbocycles. The molecule has 0 fully saturated rings. The number of hydrogen-bond donors (Lipinski definition) is 1. The molecule has 2 rings (SSSR count). The average molecular weight is 217 g/mol. The van der Waals surface area contributed by atoms with Crippen LogP contribution in [0.2, 0.25) is 0 Å². The topological polar surface area (TPSA) is 40.5 Å². The zero-order valence-corrected chi connectivity index (χ0v) is 9.31. The molecule has 0 unspecified atom stereocenters. The summed E-state index contributed by atoms with van der Waals surface area (Å²) in [5.41, 5.74) is 1.13. The molecule has 1 aliphatic heterocycles. The first-order chi connectivity index (χ1) is 7.70. The molecule has 1 aromatic rings. The van der Waals surface area contributed by atoms with Gasteiger partial charge in [0.25, 0.3) is 5.91 Å². The highest BCUT2D eigenvalue weighted by atomic mass is 16.3. The van der Waals surface area contributed by atoms with Crippen LogP contribution in [0.25, 0.3) is 0 Å². The maximum Gasteiger partial charge on any atom is 0.257 e. The third-order valence-corrected chi connectivity index (χ3v) is 2.81. The van der Waals surface area contributed by atoms with Gasteiger partial charge in [-0.3, -0.25) is 4.79 Å². The van der Waals surface area contributed by atoms with E-state index in [4.69, 9.17) is 0 Å². The number of rotatable bonds is 1. The lowest BCUT2D eigenvalue weighted by Crippen LogP contribution is -2.33. The first-order valence-electron chi connectivity index (χ1n) is 5.43. The Kier molecular flexibility index (Phi) is 2.95. The molecule has 1 amide bonds. The normalized spacial score (nSPS) is 15.2. The average Bonchev–Trinajstić information content (AvgIpc) is 2.33. The molecular formula is C13H15NO2. The van der Waals surface area contributed by atoms with Crippen molar-refractivity contribution in [1.82, 2.24) is 4.90 Å². The minimum absolute atomic E-state index is 0.0921. The molecule has 0 saturated carbocycles. The van der Waals surface area contributed by atoms with Crippen molar-refractivity contribution in [2.45, 2.75) is 13.3 Å². The van der Waals surface area contributed by atoms with Crippen molar-refractivity contribution in [3.8, 4) is 5.75 Å². The van der Waals surface area contributed by atoms with Gasteiger partial charge in [-0.05, 0) is 25.0 Å². The van der Waals surface area contributed by atoms with Crippen molar-refractivity contribution in [3.05, 3.63) is 41.5 Å². The molecule has 0 atom stereocenters. The van der Waals surface area contributed by atoms with Gasteiger partial charge in [-0.15, -0.1) is 0 Å². The molecule has 3 nitrogen and oxygen atoms in total. The molecule has 0 aromatic heterocycles. The third kappa shape index (κ3) is 1.94. The van der Waals surface area contributed by atoms with Crippen molar-refractivity contribution in [2.24, 2.45) is 0 Å². The Labute approximate surface area is 95.0 Å². The smallest absolute Gasteiger partial charge is 0.257 e. The monoisotopic (exact) mass is 217 g/mol. The van der Waals surface area contributed by atoms with Gasteiger partial charge in [0.15, 0.2) is 0 Å². The van der Waals surface area contributed by atoms with Crippen LogP contribution in [0.5, 0.6) is 5.75 Å². The summed E-state index contributed by atoms with van der Waals surface area (Å²) in [6, 6.07) is 5.26. The molecule has 1 heterocycles. The number of carbonyl (C=O) groups excluding carboxylic acids is 1. The number of amides is 1. The molecule has 3 heteroatoms. The van der Waals surface area contributed by atoms with E-state index in [9.17, 15) is 9.90 Å². The number of para-hydroxylation sites is 1. The fourth-order valence-corrected chi connectivity index (χ4v) is 1.83. The molecule has 1 N–H and O–H groups in total. The summed E-state index contributed by atoms with van der Waals surface area (Å²) < 4.78 is 0. The first-order valence-corrected chi connectivity index (χ1v) is 5.43. The minimum atomic E-state index is -0.0921. The molecule has 84 valence electrons. The highest BCUT2D eigenvalue weighted by Crippen LogP contribution is 2.23. The predicted octanol–water partition coefficient (Wildman–Crippen LogP) is 2.10. The van der Waals surface area contributed by atoms with Gasteiger partial charge in [0, 0.05) is 13.1 Å². The third-order valence-electron chi connectivity index (χ3n) is 2.81. The van der Waals surface area contributed by atoms with Crippen LogP contribution in [0.3, 0.4) is 0 Å². The van der Waals surface area contributed by atoms with Crippen LogP contribution in [0.4, 0.5) is 0 Å². The zero-order chi connectivity index (χ0) is 11.5. The quantitative estimate of drug-likeness (QED) is 0.732. The Balaban J connectivity index is 2.26. The van der Waals surface area contributed by atoms with E-state index >= 15 is 0 Å². The van der Waals surface area contributed by atoms with Crippen LogP contribution >= 0.6 is 0 Å². The van der Waals surface area contributed by atoms with E-state index in [0.29, 0.717) is 12.1 Å². The van der Waals surface area contributed by atoms with Crippen LogP contribution in [0.15, 0.2) is 30.4 Å². The Morgan fingerprint density at radius 3 is 2.88 bits per heavy atom. The van der Waals surface area contributed by atoms with Gasteiger partial charge in [0.2, 0.25) is 0 Å². The number of carbonyl (C=O) groups is 1. The maximum absolute atomic E-state index is 12.1. The van der Waals surface area contributed by atoms with E-state index in [-0.39, 0.29) is 11.7 Å². The van der Waals surface area contributed by atoms with E-state index in [0.717, 1.165) is 18.5 Å². The fourth-order valence-electron chi connectivity index (χ4n) is 1.83. The van der Waals surface area contributed by atoms with Crippen molar-refractivity contribution >= 4 is 5.91 Å². The molecule has 0 bridgehead atoms. The molecule has 0 aliphatic carbocycles. The minimum Gasteiger partial charge on any atom is -0.507 e. The van der Waals surface area contributed by atoms with Crippen LogP contribution in [-0.4, -0.2) is 29.0 Å². The number of hydrogen-bond acceptors (Lipinski definition) is 2. The highest BCUT2D eigenvalue weighted by molar-refractivity contribution is 5.97. The van der Waals surface area contributed by atoms with Gasteiger partial charge < -0.3 is 10.0 Å². The van der Waals surface area contributed by atoms with E-state index in [1.807, 2.05) is 6.08 Å². The van der Waals surface area contributed by atoms with Crippen LogP contribution in [0.1, 0.15) is 22.3 Å². The molecule has 0 saturated heterocycles. The number of phenolic OH excluding ortho intramolecular Hbond substituents is 1. The standard InChI is InChI=1S/C13H15NO2/c1-10-6-5-7-11(12(10)15)13(16)14-8-3-2-4-9-14/h2-3,5-7,15H,4,8-9H2,1H3. The summed E-state index contributed by atoms with van der Waals surface area (Å²) in [5.74, 6) is 0.00704. The second-order valence-electron chi connectivity index (χ2n) is 3.98. The zero-order valence-electron chi connectivity index (χ0n) is 9.31. The van der Waals surface area contributed by atoms with Gasteiger partial charge in [0.1, 0.15) is 5.75 Å². The Hall–Kier alpha value is -1.77. The molecule has 16 heavy (non-hydrogen) atoms. The number of aryl methyl sites for hydroxylation is 1. The number of nitrogens with zero attached hydrogens (tertiary/aromatic N) is 1. The number of phenols is 1.